The highest BCUT2D eigenvalue weighted by atomic mass is 127. The van der Waals surface area contributed by atoms with Gasteiger partial charge in [-0.25, -0.2) is 0 Å². The van der Waals surface area contributed by atoms with Crippen molar-refractivity contribution in [1.29, 1.82) is 0 Å². The molecule has 0 saturated heterocycles. The van der Waals surface area contributed by atoms with Gasteiger partial charge in [-0.05, 0) is 71.7 Å². The van der Waals surface area contributed by atoms with Gasteiger partial charge in [0.05, 0.1) is 5.69 Å². The zero-order chi connectivity index (χ0) is 15.5. The Morgan fingerprint density at radius 3 is 2.73 bits per heavy atom. The van der Waals surface area contributed by atoms with Gasteiger partial charge in [0.2, 0.25) is 0 Å². The molecule has 1 aromatic carbocycles. The summed E-state index contributed by atoms with van der Waals surface area (Å²) in [5, 5.41) is 2.76. The molecular weight excluding hydrogens is 393 g/mol. The molecule has 3 atom stereocenters. The normalized spacial score (nSPS) is 26.0. The van der Waals surface area contributed by atoms with Gasteiger partial charge in [0.1, 0.15) is 0 Å². The Balaban J connectivity index is 1.41. The van der Waals surface area contributed by atoms with Crippen LogP contribution in [0.3, 0.4) is 0 Å². The molecule has 22 heavy (non-hydrogen) atoms. The number of amides is 1. The average molecular weight is 413 g/mol. The highest BCUT2D eigenvalue weighted by Gasteiger charge is 2.40. The molecule has 5 heteroatoms. The van der Waals surface area contributed by atoms with Gasteiger partial charge < -0.3 is 10.1 Å². The lowest BCUT2D eigenvalue weighted by atomic mass is 9.86. The van der Waals surface area contributed by atoms with Crippen LogP contribution in [0.4, 0.5) is 5.69 Å². The molecule has 3 rings (SSSR count). The summed E-state index contributed by atoms with van der Waals surface area (Å²) in [7, 11) is 0. The average Bonchev–Trinajstić information content (AvgIpc) is 3.10. The number of hydrogen-bond acceptors (Lipinski definition) is 3. The van der Waals surface area contributed by atoms with Crippen LogP contribution in [0.1, 0.15) is 32.1 Å². The number of ether oxygens (including phenoxy) is 1. The van der Waals surface area contributed by atoms with Crippen LogP contribution in [-0.4, -0.2) is 18.5 Å². The maximum atomic E-state index is 11.9. The van der Waals surface area contributed by atoms with Crippen molar-refractivity contribution in [3.63, 3.8) is 0 Å². The summed E-state index contributed by atoms with van der Waals surface area (Å²) < 4.78 is 6.09. The number of fused-ring (bicyclic) bond motifs is 2. The van der Waals surface area contributed by atoms with E-state index in [1.54, 1.807) is 0 Å². The van der Waals surface area contributed by atoms with E-state index >= 15 is 0 Å². The fraction of sp³-hybridized carbons (Fsp3) is 0.529. The molecular formula is C17H20INO3. The molecule has 0 unspecified atom stereocenters. The quantitative estimate of drug-likeness (QED) is 0.593. The molecule has 2 saturated carbocycles. The molecule has 1 amide bonds. The van der Waals surface area contributed by atoms with Crippen molar-refractivity contribution in [2.75, 3.05) is 11.9 Å². The van der Waals surface area contributed by atoms with Gasteiger partial charge in [-0.15, -0.1) is 0 Å². The smallest absolute Gasteiger partial charge is 0.306 e. The fourth-order valence-electron chi connectivity index (χ4n) is 3.79. The highest BCUT2D eigenvalue weighted by molar-refractivity contribution is 14.1. The van der Waals surface area contributed by atoms with E-state index in [-0.39, 0.29) is 18.5 Å². The Morgan fingerprint density at radius 2 is 2.05 bits per heavy atom. The van der Waals surface area contributed by atoms with E-state index in [2.05, 4.69) is 27.9 Å². The lowest BCUT2D eigenvalue weighted by Crippen LogP contribution is -2.23. The molecule has 0 aromatic heterocycles. The maximum Gasteiger partial charge on any atom is 0.306 e. The Bertz CT molecular complexity index is 575. The number of halogens is 1. The van der Waals surface area contributed by atoms with Gasteiger partial charge >= 0.3 is 5.97 Å². The van der Waals surface area contributed by atoms with Gasteiger partial charge in [-0.2, -0.15) is 0 Å². The summed E-state index contributed by atoms with van der Waals surface area (Å²) >= 11 is 2.16. The minimum Gasteiger partial charge on any atom is -0.456 e. The molecule has 0 radical (unpaired) electrons. The number of rotatable bonds is 5. The van der Waals surface area contributed by atoms with Gasteiger partial charge in [-0.1, -0.05) is 18.6 Å². The topological polar surface area (TPSA) is 55.4 Å². The summed E-state index contributed by atoms with van der Waals surface area (Å²) in [4.78, 5) is 23.7. The molecule has 0 heterocycles. The van der Waals surface area contributed by atoms with Gasteiger partial charge in [0.15, 0.2) is 6.61 Å². The number of esters is 1. The molecule has 2 bridgehead atoms. The first kappa shape index (κ1) is 15.8. The minimum atomic E-state index is -0.287. The van der Waals surface area contributed by atoms with Crippen LogP contribution < -0.4 is 5.32 Å². The Labute approximate surface area is 144 Å². The van der Waals surface area contributed by atoms with Crippen LogP contribution in [0.15, 0.2) is 24.3 Å². The standard InChI is InChI=1S/C17H20INO3/c18-14-3-1-2-4-15(14)19-16(20)10-22-17(21)9-13-8-11-5-6-12(13)7-11/h1-4,11-13H,5-10H2,(H,19,20)/t11-,12-,13-/m1/s1. The highest BCUT2D eigenvalue weighted by Crippen LogP contribution is 2.49. The van der Waals surface area contributed by atoms with Crippen molar-refractivity contribution < 1.29 is 14.3 Å². The number of para-hydroxylation sites is 1. The Kier molecular flexibility index (Phi) is 5.00. The van der Waals surface area contributed by atoms with Crippen LogP contribution in [0.5, 0.6) is 0 Å². The van der Waals surface area contributed by atoms with E-state index in [0.717, 1.165) is 21.6 Å². The Morgan fingerprint density at radius 1 is 1.23 bits per heavy atom. The van der Waals surface area contributed by atoms with Crippen LogP contribution in [0, 0.1) is 21.3 Å². The van der Waals surface area contributed by atoms with Crippen molar-refractivity contribution in [1.82, 2.24) is 0 Å². The molecule has 2 fully saturated rings. The third-order valence-electron chi connectivity index (χ3n) is 4.83. The van der Waals surface area contributed by atoms with Crippen molar-refractivity contribution in [3.05, 3.63) is 27.8 Å². The molecule has 0 aliphatic heterocycles. The first-order valence-corrected chi connectivity index (χ1v) is 8.89. The number of carbonyl (C=O) groups excluding carboxylic acids is 2. The van der Waals surface area contributed by atoms with Crippen LogP contribution in [0.25, 0.3) is 0 Å². The SMILES string of the molecule is O=C(COC(=O)C[C@H]1C[C@@H]2CC[C@@H]1C2)Nc1ccccc1I. The van der Waals surface area contributed by atoms with Crippen LogP contribution in [0.2, 0.25) is 0 Å². The number of hydrogen-bond donors (Lipinski definition) is 1. The predicted octanol–water partition coefficient (Wildman–Crippen LogP) is 3.60. The number of benzene rings is 1. The molecule has 2 aliphatic carbocycles. The first-order chi connectivity index (χ1) is 10.6. The summed E-state index contributed by atoms with van der Waals surface area (Å²) in [6, 6.07) is 7.51. The number of carbonyl (C=O) groups is 2. The number of nitrogens with one attached hydrogen (secondary N) is 1. The molecule has 1 N–H and O–H groups in total. The second-order valence-corrected chi connectivity index (χ2v) is 7.49. The number of anilines is 1. The fourth-order valence-corrected chi connectivity index (χ4v) is 4.32. The molecule has 2 aliphatic rings. The van der Waals surface area contributed by atoms with Crippen molar-refractivity contribution in [2.45, 2.75) is 32.1 Å². The molecule has 1 aromatic rings. The van der Waals surface area contributed by atoms with E-state index < -0.39 is 0 Å². The third-order valence-corrected chi connectivity index (χ3v) is 5.77. The van der Waals surface area contributed by atoms with Gasteiger partial charge in [0, 0.05) is 9.99 Å². The van der Waals surface area contributed by atoms with Gasteiger partial charge in [0.25, 0.3) is 5.91 Å². The van der Waals surface area contributed by atoms with Crippen molar-refractivity contribution in [2.24, 2.45) is 17.8 Å². The monoisotopic (exact) mass is 413 g/mol. The minimum absolute atomic E-state index is 0.204. The van der Waals surface area contributed by atoms with E-state index in [0.29, 0.717) is 18.3 Å². The summed E-state index contributed by atoms with van der Waals surface area (Å²) in [5.74, 6) is 1.48. The van der Waals surface area contributed by atoms with Gasteiger partial charge in [-0.3, -0.25) is 9.59 Å². The van der Waals surface area contributed by atoms with Crippen molar-refractivity contribution >= 4 is 40.2 Å². The second-order valence-electron chi connectivity index (χ2n) is 6.33. The molecule has 0 spiro atoms. The maximum absolute atomic E-state index is 11.9. The zero-order valence-corrected chi connectivity index (χ0v) is 14.5. The molecule has 118 valence electrons. The van der Waals surface area contributed by atoms with E-state index in [9.17, 15) is 9.59 Å². The second kappa shape index (κ2) is 6.98. The third kappa shape index (κ3) is 3.80. The zero-order valence-electron chi connectivity index (χ0n) is 12.4. The van der Waals surface area contributed by atoms with E-state index in [1.165, 1.54) is 19.3 Å². The van der Waals surface area contributed by atoms with E-state index in [4.69, 9.17) is 4.74 Å². The van der Waals surface area contributed by atoms with Crippen LogP contribution in [-0.2, 0) is 14.3 Å². The summed E-state index contributed by atoms with van der Waals surface area (Å²) in [6.45, 7) is -0.204. The van der Waals surface area contributed by atoms with Crippen LogP contribution >= 0.6 is 22.6 Å². The molecule has 4 nitrogen and oxygen atoms in total. The lowest BCUT2D eigenvalue weighted by molar-refractivity contribution is -0.148. The van der Waals surface area contributed by atoms with E-state index in [1.807, 2.05) is 24.3 Å². The first-order valence-electron chi connectivity index (χ1n) is 7.82. The summed E-state index contributed by atoms with van der Waals surface area (Å²) in [5.41, 5.74) is 0.747. The van der Waals surface area contributed by atoms with Crippen molar-refractivity contribution in [3.8, 4) is 0 Å². The predicted molar refractivity (Wildman–Crippen MR) is 92.3 cm³/mol. The Hall–Kier alpha value is -1.11. The lowest BCUT2D eigenvalue weighted by Gasteiger charge is -2.20. The largest absolute Gasteiger partial charge is 0.456 e. The summed E-state index contributed by atoms with van der Waals surface area (Å²) in [6.07, 6.45) is 5.50.